The zero-order valence-corrected chi connectivity index (χ0v) is 21.8. The van der Waals surface area contributed by atoms with Gasteiger partial charge in [-0.25, -0.2) is 9.78 Å². The van der Waals surface area contributed by atoms with E-state index in [2.05, 4.69) is 4.98 Å². The van der Waals surface area contributed by atoms with Gasteiger partial charge in [0.15, 0.2) is 5.13 Å². The zero-order valence-electron chi connectivity index (χ0n) is 21.0. The lowest BCUT2D eigenvalue weighted by molar-refractivity contribution is -0.132. The first kappa shape index (κ1) is 25.9. The van der Waals surface area contributed by atoms with Crippen molar-refractivity contribution in [3.63, 3.8) is 0 Å². The highest BCUT2D eigenvalue weighted by Gasteiger charge is 2.48. The molecule has 37 heavy (non-hydrogen) atoms. The summed E-state index contributed by atoms with van der Waals surface area (Å²) in [6, 6.07) is 10.8. The number of hydrogen-bond donors (Lipinski definition) is 1. The predicted molar refractivity (Wildman–Crippen MR) is 138 cm³/mol. The van der Waals surface area contributed by atoms with Crippen LogP contribution in [0.4, 0.5) is 5.13 Å². The molecule has 192 valence electrons. The van der Waals surface area contributed by atoms with Crippen LogP contribution in [0, 0.1) is 13.8 Å². The molecule has 3 aromatic rings. The highest BCUT2D eigenvalue weighted by Crippen LogP contribution is 2.44. The molecule has 0 radical (unpaired) electrons. The van der Waals surface area contributed by atoms with E-state index in [9.17, 15) is 19.5 Å². The number of aryl methyl sites for hydroxylation is 2. The molecule has 0 bridgehead atoms. The van der Waals surface area contributed by atoms with Crippen molar-refractivity contribution in [2.45, 2.75) is 26.8 Å². The van der Waals surface area contributed by atoms with Gasteiger partial charge in [-0.3, -0.25) is 14.5 Å². The number of benzene rings is 2. The van der Waals surface area contributed by atoms with Crippen molar-refractivity contribution in [1.29, 1.82) is 0 Å². The molecule has 0 spiro atoms. The second-order valence-electron chi connectivity index (χ2n) is 8.26. The third-order valence-corrected chi connectivity index (χ3v) is 7.11. The lowest BCUT2D eigenvalue weighted by atomic mass is 9.94. The summed E-state index contributed by atoms with van der Waals surface area (Å²) in [6.45, 7) is 5.31. The molecule has 1 saturated heterocycles. The Morgan fingerprint density at radius 1 is 1.11 bits per heavy atom. The zero-order chi connectivity index (χ0) is 26.9. The molecule has 1 aliphatic rings. The van der Waals surface area contributed by atoms with Crippen molar-refractivity contribution >= 4 is 39.9 Å². The molecule has 1 aliphatic heterocycles. The molecule has 2 heterocycles. The largest absolute Gasteiger partial charge is 0.507 e. The van der Waals surface area contributed by atoms with Crippen LogP contribution < -0.4 is 14.4 Å². The Morgan fingerprint density at radius 2 is 1.86 bits per heavy atom. The molecule has 1 fully saturated rings. The third kappa shape index (κ3) is 4.67. The number of methoxy groups -OCH3 is 2. The van der Waals surface area contributed by atoms with Crippen LogP contribution in [0.3, 0.4) is 0 Å². The molecule has 2 aromatic carbocycles. The Bertz CT molecular complexity index is 1430. The fraction of sp³-hybridized carbons (Fsp3) is 0.259. The number of aromatic nitrogens is 1. The monoisotopic (exact) mass is 522 g/mol. The molecule has 0 unspecified atom stereocenters. The van der Waals surface area contributed by atoms with E-state index in [1.807, 2.05) is 6.92 Å². The minimum Gasteiger partial charge on any atom is -0.507 e. The van der Waals surface area contributed by atoms with Crippen molar-refractivity contribution in [1.82, 2.24) is 4.98 Å². The smallest absolute Gasteiger partial charge is 0.350 e. The summed E-state index contributed by atoms with van der Waals surface area (Å²) in [5, 5.41) is 11.5. The molecule has 10 heteroatoms. The lowest BCUT2D eigenvalue weighted by Gasteiger charge is -2.23. The maximum Gasteiger partial charge on any atom is 0.350 e. The first-order chi connectivity index (χ1) is 17.7. The van der Waals surface area contributed by atoms with E-state index < -0.39 is 23.7 Å². The highest BCUT2D eigenvalue weighted by molar-refractivity contribution is 7.17. The average Bonchev–Trinajstić information content (AvgIpc) is 3.40. The van der Waals surface area contributed by atoms with Crippen LogP contribution in [-0.2, 0) is 14.3 Å². The van der Waals surface area contributed by atoms with Crippen molar-refractivity contribution < 1.29 is 33.7 Å². The normalized spacial score (nSPS) is 16.7. The molecular formula is C27H26N2O7S. The summed E-state index contributed by atoms with van der Waals surface area (Å²) in [4.78, 5) is 45.1. The Morgan fingerprint density at radius 3 is 2.51 bits per heavy atom. The van der Waals surface area contributed by atoms with Gasteiger partial charge >= 0.3 is 11.9 Å². The van der Waals surface area contributed by atoms with E-state index in [4.69, 9.17) is 14.2 Å². The fourth-order valence-electron chi connectivity index (χ4n) is 4.21. The van der Waals surface area contributed by atoms with Crippen LogP contribution >= 0.6 is 11.3 Å². The van der Waals surface area contributed by atoms with Crippen molar-refractivity contribution in [2.24, 2.45) is 0 Å². The summed E-state index contributed by atoms with van der Waals surface area (Å²) in [6.07, 6.45) is 0. The molecule has 1 N–H and O–H groups in total. The van der Waals surface area contributed by atoms with Crippen molar-refractivity contribution in [3.8, 4) is 11.5 Å². The number of amides is 1. The van der Waals surface area contributed by atoms with Gasteiger partial charge in [0.05, 0.1) is 38.1 Å². The Balaban J connectivity index is 1.93. The number of carbonyl (C=O) groups is 3. The summed E-state index contributed by atoms with van der Waals surface area (Å²) < 4.78 is 15.8. The van der Waals surface area contributed by atoms with Crippen LogP contribution in [-0.4, -0.2) is 48.6 Å². The summed E-state index contributed by atoms with van der Waals surface area (Å²) in [7, 11) is 3.04. The SMILES string of the molecule is CCOC(=O)c1sc(N2C(=O)C(=O)/C(=C(/O)c3ccc(OC)c(C)c3)[C@H]2c2cccc(OC)c2)nc1C. The number of esters is 1. The number of aliphatic hydroxyl groups is 1. The number of anilines is 1. The third-order valence-electron chi connectivity index (χ3n) is 5.97. The van der Waals surface area contributed by atoms with Gasteiger partial charge < -0.3 is 19.3 Å². The Kier molecular flexibility index (Phi) is 7.30. The fourth-order valence-corrected chi connectivity index (χ4v) is 5.20. The number of ether oxygens (including phenoxy) is 3. The van der Waals surface area contributed by atoms with E-state index in [1.54, 1.807) is 56.3 Å². The van der Waals surface area contributed by atoms with Gasteiger partial charge in [0, 0.05) is 5.56 Å². The Labute approximate surface area is 217 Å². The summed E-state index contributed by atoms with van der Waals surface area (Å²) in [5.74, 6) is -1.52. The van der Waals surface area contributed by atoms with E-state index in [1.165, 1.54) is 19.1 Å². The molecule has 0 saturated carbocycles. The topological polar surface area (TPSA) is 115 Å². The minimum absolute atomic E-state index is 0.103. The predicted octanol–water partition coefficient (Wildman–Crippen LogP) is 4.58. The van der Waals surface area contributed by atoms with Crippen LogP contribution in [0.15, 0.2) is 48.0 Å². The molecule has 1 atom stereocenters. The first-order valence-electron chi connectivity index (χ1n) is 11.5. The highest BCUT2D eigenvalue weighted by atomic mass is 32.1. The first-order valence-corrected chi connectivity index (χ1v) is 12.3. The molecule has 4 rings (SSSR count). The number of ketones is 1. The maximum absolute atomic E-state index is 13.4. The second-order valence-corrected chi connectivity index (χ2v) is 9.24. The summed E-state index contributed by atoms with van der Waals surface area (Å²) >= 11 is 0.951. The van der Waals surface area contributed by atoms with Crippen LogP contribution in [0.25, 0.3) is 5.76 Å². The number of thiazole rings is 1. The van der Waals surface area contributed by atoms with Crippen LogP contribution in [0.2, 0.25) is 0 Å². The van der Waals surface area contributed by atoms with E-state index in [0.717, 1.165) is 16.9 Å². The summed E-state index contributed by atoms with van der Waals surface area (Å²) in [5.41, 5.74) is 1.89. The Hall–Kier alpha value is -4.18. The van der Waals surface area contributed by atoms with Crippen LogP contribution in [0.5, 0.6) is 11.5 Å². The standard InChI is InChI=1S/C27H26N2O7S/c1-6-36-26(33)24-15(3)28-27(37-24)29-21(16-8-7-9-18(13-16)34-4)20(23(31)25(29)32)22(30)17-10-11-19(35-5)14(2)12-17/h7-13,21,30H,6H2,1-5H3/b22-20+/t21-/m1/s1. The van der Waals surface area contributed by atoms with Gasteiger partial charge in [0.2, 0.25) is 0 Å². The number of carbonyl (C=O) groups excluding carboxylic acids is 3. The number of Topliss-reactive ketones (excluding diaryl/α,β-unsaturated/α-hetero) is 1. The molecule has 0 aliphatic carbocycles. The minimum atomic E-state index is -1.02. The van der Waals surface area contributed by atoms with Gasteiger partial charge in [-0.05, 0) is 62.2 Å². The van der Waals surface area contributed by atoms with Crippen molar-refractivity contribution in [3.05, 3.63) is 75.3 Å². The number of nitrogens with zero attached hydrogens (tertiary/aromatic N) is 2. The van der Waals surface area contributed by atoms with Crippen molar-refractivity contribution in [2.75, 3.05) is 25.7 Å². The number of rotatable bonds is 7. The van der Waals surface area contributed by atoms with Gasteiger partial charge in [-0.15, -0.1) is 0 Å². The quantitative estimate of drug-likeness (QED) is 0.208. The second kappa shape index (κ2) is 10.4. The van der Waals surface area contributed by atoms with E-state index in [0.29, 0.717) is 28.3 Å². The number of hydrogen-bond acceptors (Lipinski definition) is 9. The van der Waals surface area contributed by atoms with E-state index >= 15 is 0 Å². The molecule has 1 aromatic heterocycles. The van der Waals surface area contributed by atoms with Gasteiger partial charge in [0.25, 0.3) is 5.78 Å². The van der Waals surface area contributed by atoms with Gasteiger partial charge in [0.1, 0.15) is 22.1 Å². The van der Waals surface area contributed by atoms with Gasteiger partial charge in [-0.1, -0.05) is 23.5 Å². The van der Waals surface area contributed by atoms with Crippen LogP contribution in [0.1, 0.15) is 45.0 Å². The maximum atomic E-state index is 13.4. The number of aliphatic hydroxyl groups excluding tert-OH is 1. The van der Waals surface area contributed by atoms with E-state index in [-0.39, 0.29) is 27.9 Å². The molecule has 1 amide bonds. The molecule has 9 nitrogen and oxygen atoms in total. The van der Waals surface area contributed by atoms with Gasteiger partial charge in [-0.2, -0.15) is 0 Å². The molecular weight excluding hydrogens is 496 g/mol. The average molecular weight is 523 g/mol. The lowest BCUT2D eigenvalue weighted by Crippen LogP contribution is -2.29.